The Balaban J connectivity index is 1.66. The molecule has 2 bridgehead atoms. The van der Waals surface area contributed by atoms with Gasteiger partial charge in [0.2, 0.25) is 0 Å². The first-order valence-electron chi connectivity index (χ1n) is 7.86. The third-order valence-electron chi connectivity index (χ3n) is 5.14. The van der Waals surface area contributed by atoms with Crippen LogP contribution in [0.15, 0.2) is 12.1 Å². The number of anilines is 1. The van der Waals surface area contributed by atoms with E-state index in [0.29, 0.717) is 31.7 Å². The number of nitrogens with zero attached hydrogens (tertiary/aromatic N) is 1. The zero-order chi connectivity index (χ0) is 15.3. The summed E-state index contributed by atoms with van der Waals surface area (Å²) in [6, 6.07) is 2.78. The van der Waals surface area contributed by atoms with Gasteiger partial charge in [-0.3, -0.25) is 0 Å². The summed E-state index contributed by atoms with van der Waals surface area (Å²) in [6.07, 6.45) is 3.34. The summed E-state index contributed by atoms with van der Waals surface area (Å²) in [6.45, 7) is 1.24. The molecule has 1 aromatic rings. The van der Waals surface area contributed by atoms with Crippen molar-refractivity contribution in [2.75, 3.05) is 18.1 Å². The summed E-state index contributed by atoms with van der Waals surface area (Å²) in [5.74, 6) is -1.34. The van der Waals surface area contributed by atoms with Crippen LogP contribution in [0.2, 0.25) is 0 Å². The van der Waals surface area contributed by atoms with Crippen LogP contribution in [0.4, 0.5) is 14.5 Å². The Morgan fingerprint density at radius 3 is 2.32 bits per heavy atom. The number of rotatable bonds is 2. The maximum absolute atomic E-state index is 14.4. The molecule has 3 saturated heterocycles. The molecule has 6 heteroatoms. The monoisotopic (exact) mass is 310 g/mol. The molecule has 0 aromatic heterocycles. The molecule has 3 aliphatic rings. The van der Waals surface area contributed by atoms with E-state index in [2.05, 4.69) is 0 Å². The van der Waals surface area contributed by atoms with Crippen molar-refractivity contribution in [2.24, 2.45) is 5.73 Å². The summed E-state index contributed by atoms with van der Waals surface area (Å²) in [5.41, 5.74) is 6.00. The second kappa shape index (κ2) is 5.15. The van der Waals surface area contributed by atoms with Gasteiger partial charge in [-0.15, -0.1) is 0 Å². The number of benzene rings is 1. The lowest BCUT2D eigenvalue weighted by atomic mass is 9.95. The fraction of sp³-hybridized carbons (Fsp3) is 0.625. The highest BCUT2D eigenvalue weighted by Gasteiger charge is 2.52. The second-order valence-corrected chi connectivity index (χ2v) is 6.41. The second-order valence-electron chi connectivity index (χ2n) is 6.41. The highest BCUT2D eigenvalue weighted by Crippen LogP contribution is 2.47. The van der Waals surface area contributed by atoms with Gasteiger partial charge in [-0.25, -0.2) is 8.78 Å². The first-order chi connectivity index (χ1) is 10.6. The van der Waals surface area contributed by atoms with Crippen LogP contribution < -0.4 is 10.6 Å². The molecule has 3 aliphatic heterocycles. The van der Waals surface area contributed by atoms with E-state index in [0.717, 1.165) is 12.8 Å². The molecule has 3 heterocycles. The maximum atomic E-state index is 14.4. The van der Waals surface area contributed by atoms with Crippen LogP contribution >= 0.6 is 0 Å². The van der Waals surface area contributed by atoms with Crippen molar-refractivity contribution in [3.8, 4) is 0 Å². The molecule has 0 aliphatic carbocycles. The first kappa shape index (κ1) is 14.4. The number of halogens is 2. The molecule has 2 atom stereocenters. The average Bonchev–Trinajstić information content (AvgIpc) is 3.04. The summed E-state index contributed by atoms with van der Waals surface area (Å²) < 4.78 is 40.1. The van der Waals surface area contributed by atoms with E-state index < -0.39 is 17.4 Å². The molecule has 0 amide bonds. The number of piperidine rings is 1. The van der Waals surface area contributed by atoms with Gasteiger partial charge in [0, 0.05) is 43.1 Å². The van der Waals surface area contributed by atoms with Crippen molar-refractivity contribution in [3.63, 3.8) is 0 Å². The number of fused-ring (bicyclic) bond motifs is 2. The minimum atomic E-state index is -0.505. The molecule has 2 N–H and O–H groups in total. The fourth-order valence-electron chi connectivity index (χ4n) is 4.22. The van der Waals surface area contributed by atoms with E-state index >= 15 is 0 Å². The third-order valence-corrected chi connectivity index (χ3v) is 5.14. The predicted molar refractivity (Wildman–Crippen MR) is 77.4 cm³/mol. The quantitative estimate of drug-likeness (QED) is 0.910. The van der Waals surface area contributed by atoms with Crippen molar-refractivity contribution in [1.29, 1.82) is 0 Å². The van der Waals surface area contributed by atoms with Crippen molar-refractivity contribution in [1.82, 2.24) is 0 Å². The summed E-state index contributed by atoms with van der Waals surface area (Å²) in [5, 5.41) is 0. The van der Waals surface area contributed by atoms with Crippen LogP contribution in [0.25, 0.3) is 0 Å². The minimum Gasteiger partial charge on any atom is -0.363 e. The van der Waals surface area contributed by atoms with Crippen molar-refractivity contribution in [2.45, 2.75) is 50.1 Å². The van der Waals surface area contributed by atoms with E-state index in [1.165, 1.54) is 12.1 Å². The largest absolute Gasteiger partial charge is 0.363 e. The van der Waals surface area contributed by atoms with Crippen molar-refractivity contribution < 1.29 is 18.3 Å². The summed E-state index contributed by atoms with van der Waals surface area (Å²) in [7, 11) is 0. The zero-order valence-corrected chi connectivity index (χ0v) is 12.4. The third kappa shape index (κ3) is 2.13. The number of nitrogens with two attached hydrogens (primary N) is 1. The Morgan fingerprint density at radius 1 is 1.09 bits per heavy atom. The Kier molecular flexibility index (Phi) is 3.36. The van der Waals surface area contributed by atoms with E-state index in [4.69, 9.17) is 15.2 Å². The molecular weight excluding hydrogens is 290 g/mol. The number of ether oxygens (including phenoxy) is 2. The van der Waals surface area contributed by atoms with E-state index in [1.54, 1.807) is 0 Å². The van der Waals surface area contributed by atoms with Gasteiger partial charge in [0.05, 0.1) is 18.9 Å². The molecule has 22 heavy (non-hydrogen) atoms. The summed E-state index contributed by atoms with van der Waals surface area (Å²) in [4.78, 5) is 2.02. The lowest BCUT2D eigenvalue weighted by Gasteiger charge is -2.44. The van der Waals surface area contributed by atoms with Crippen LogP contribution in [0, 0.1) is 11.6 Å². The van der Waals surface area contributed by atoms with Gasteiger partial charge in [-0.1, -0.05) is 0 Å². The van der Waals surface area contributed by atoms with Crippen molar-refractivity contribution in [3.05, 3.63) is 29.3 Å². The van der Waals surface area contributed by atoms with E-state index in [9.17, 15) is 8.78 Å². The van der Waals surface area contributed by atoms with Gasteiger partial charge in [0.15, 0.2) is 5.79 Å². The van der Waals surface area contributed by atoms with E-state index in [-0.39, 0.29) is 24.2 Å². The SMILES string of the molecule is NCc1cc(F)c(N2C3CCC2CC2(C3)OCCO2)cc1F. The maximum Gasteiger partial charge on any atom is 0.172 e. The predicted octanol–water partition coefficient (Wildman–Crippen LogP) is 2.30. The Hall–Kier alpha value is -1.24. The Labute approximate surface area is 128 Å². The first-order valence-corrected chi connectivity index (χ1v) is 7.86. The molecular formula is C16H20F2N2O2. The zero-order valence-electron chi connectivity index (χ0n) is 12.4. The molecule has 4 nitrogen and oxygen atoms in total. The van der Waals surface area contributed by atoms with Crippen molar-refractivity contribution >= 4 is 5.69 Å². The van der Waals surface area contributed by atoms with Gasteiger partial charge in [-0.05, 0) is 18.9 Å². The molecule has 4 rings (SSSR count). The molecule has 2 unspecified atom stereocenters. The van der Waals surface area contributed by atoms with E-state index in [1.807, 2.05) is 4.90 Å². The van der Waals surface area contributed by atoms with Crippen LogP contribution in [0.1, 0.15) is 31.2 Å². The summed E-state index contributed by atoms with van der Waals surface area (Å²) >= 11 is 0. The highest BCUT2D eigenvalue weighted by atomic mass is 19.1. The normalized spacial score (nSPS) is 29.5. The molecule has 1 spiro atoms. The van der Waals surface area contributed by atoms with Crippen LogP contribution in [0.5, 0.6) is 0 Å². The number of hydrogen-bond acceptors (Lipinski definition) is 4. The molecule has 0 radical (unpaired) electrons. The van der Waals surface area contributed by atoms with Gasteiger partial charge in [0.25, 0.3) is 0 Å². The standard InChI is InChI=1S/C16H20F2N2O2/c17-13-6-15(14(18)5-10(13)9-19)20-11-1-2-12(20)8-16(7-11)21-3-4-22-16/h5-6,11-12H,1-4,7-9,19H2. The van der Waals surface area contributed by atoms with Gasteiger partial charge >= 0.3 is 0 Å². The topological polar surface area (TPSA) is 47.7 Å². The lowest BCUT2D eigenvalue weighted by molar-refractivity contribution is -0.177. The van der Waals surface area contributed by atoms with Crippen LogP contribution in [-0.4, -0.2) is 31.1 Å². The fourth-order valence-corrected chi connectivity index (χ4v) is 4.22. The van der Waals surface area contributed by atoms with Crippen LogP contribution in [0.3, 0.4) is 0 Å². The molecule has 3 fully saturated rings. The van der Waals surface area contributed by atoms with Gasteiger partial charge in [-0.2, -0.15) is 0 Å². The number of hydrogen-bond donors (Lipinski definition) is 1. The smallest absolute Gasteiger partial charge is 0.172 e. The molecule has 1 aromatic carbocycles. The lowest BCUT2D eigenvalue weighted by Crippen LogP contribution is -2.52. The minimum absolute atomic E-state index is 0.000676. The highest BCUT2D eigenvalue weighted by molar-refractivity contribution is 5.53. The van der Waals surface area contributed by atoms with Gasteiger partial charge in [0.1, 0.15) is 11.6 Å². The van der Waals surface area contributed by atoms with Gasteiger partial charge < -0.3 is 20.1 Å². The Bertz CT molecular complexity index is 574. The molecule has 0 saturated carbocycles. The van der Waals surface area contributed by atoms with Crippen LogP contribution in [-0.2, 0) is 16.0 Å². The average molecular weight is 310 g/mol. The molecule has 120 valence electrons. The Morgan fingerprint density at radius 2 is 1.73 bits per heavy atom.